The average Bonchev–Trinajstić information content (AvgIpc) is 3.15. The van der Waals surface area contributed by atoms with Crippen LogP contribution in [-0.4, -0.2) is 33.5 Å². The van der Waals surface area contributed by atoms with Crippen LogP contribution in [0.2, 0.25) is 0 Å². The molecule has 1 unspecified atom stereocenters. The summed E-state index contributed by atoms with van der Waals surface area (Å²) in [6, 6.07) is 6.32. The number of pyridine rings is 1. The maximum atomic E-state index is 6.06. The number of hydrogen-bond acceptors (Lipinski definition) is 5. The van der Waals surface area contributed by atoms with E-state index < -0.39 is 0 Å². The first-order chi connectivity index (χ1) is 12.3. The maximum Gasteiger partial charge on any atom is 0.150 e. The highest BCUT2D eigenvalue weighted by atomic mass is 16.5. The van der Waals surface area contributed by atoms with Gasteiger partial charge in [0.05, 0.1) is 23.7 Å². The van der Waals surface area contributed by atoms with Crippen LogP contribution in [0.15, 0.2) is 30.6 Å². The number of hydrogen-bond donors (Lipinski definition) is 1. The Hall–Kier alpha value is -1.92. The number of aromatic nitrogens is 3. The van der Waals surface area contributed by atoms with E-state index in [-0.39, 0.29) is 12.3 Å². The zero-order valence-electron chi connectivity index (χ0n) is 14.5. The summed E-state index contributed by atoms with van der Waals surface area (Å²) in [6.07, 6.45) is 11.3. The second kappa shape index (κ2) is 7.54. The van der Waals surface area contributed by atoms with Crippen LogP contribution in [0.5, 0.6) is 5.75 Å². The van der Waals surface area contributed by atoms with Crippen molar-refractivity contribution in [2.24, 2.45) is 5.73 Å². The first-order valence-electron chi connectivity index (χ1n) is 9.33. The minimum absolute atomic E-state index is 0.0166. The SMILES string of the molecule is N[C@H]1CC[C@H](Oc2ccc(-c3ccnn3C3CCCCO3)nc2)CC1. The van der Waals surface area contributed by atoms with Crippen molar-refractivity contribution in [2.45, 2.75) is 63.3 Å². The average molecular weight is 342 g/mol. The molecular formula is C19H26N4O2. The van der Waals surface area contributed by atoms with Crippen molar-refractivity contribution in [2.75, 3.05) is 6.61 Å². The van der Waals surface area contributed by atoms with E-state index in [9.17, 15) is 0 Å². The van der Waals surface area contributed by atoms with E-state index in [1.54, 1.807) is 0 Å². The summed E-state index contributed by atoms with van der Waals surface area (Å²) in [5.41, 5.74) is 7.83. The van der Waals surface area contributed by atoms with Gasteiger partial charge < -0.3 is 15.2 Å². The maximum absolute atomic E-state index is 6.06. The Morgan fingerprint density at radius 3 is 2.68 bits per heavy atom. The molecule has 134 valence electrons. The van der Waals surface area contributed by atoms with Gasteiger partial charge in [-0.1, -0.05) is 0 Å². The topological polar surface area (TPSA) is 75.2 Å². The molecule has 2 aromatic rings. The predicted octanol–water partition coefficient (Wildman–Crippen LogP) is 3.29. The number of nitrogens with zero attached hydrogens (tertiary/aromatic N) is 3. The van der Waals surface area contributed by atoms with Gasteiger partial charge in [-0.25, -0.2) is 4.68 Å². The third kappa shape index (κ3) is 3.85. The van der Waals surface area contributed by atoms with Gasteiger partial charge in [0.1, 0.15) is 5.75 Å². The first-order valence-corrected chi connectivity index (χ1v) is 9.33. The summed E-state index contributed by atoms with van der Waals surface area (Å²) in [4.78, 5) is 4.59. The van der Waals surface area contributed by atoms with E-state index in [0.29, 0.717) is 6.04 Å². The Labute approximate surface area is 148 Å². The van der Waals surface area contributed by atoms with Crippen LogP contribution in [0.25, 0.3) is 11.4 Å². The summed E-state index contributed by atoms with van der Waals surface area (Å²) in [5, 5.41) is 4.45. The molecule has 1 aliphatic heterocycles. The van der Waals surface area contributed by atoms with Crippen molar-refractivity contribution in [1.29, 1.82) is 0 Å². The molecule has 2 aliphatic rings. The molecule has 25 heavy (non-hydrogen) atoms. The number of rotatable bonds is 4. The van der Waals surface area contributed by atoms with E-state index in [4.69, 9.17) is 15.2 Å². The fourth-order valence-electron chi connectivity index (χ4n) is 3.66. The summed E-state index contributed by atoms with van der Waals surface area (Å²) in [7, 11) is 0. The Morgan fingerprint density at radius 2 is 1.96 bits per heavy atom. The van der Waals surface area contributed by atoms with Crippen molar-refractivity contribution in [3.63, 3.8) is 0 Å². The molecule has 2 fully saturated rings. The summed E-state index contributed by atoms with van der Waals surface area (Å²) in [5.74, 6) is 0.823. The molecule has 6 nitrogen and oxygen atoms in total. The van der Waals surface area contributed by atoms with Crippen molar-refractivity contribution >= 4 is 0 Å². The molecule has 2 N–H and O–H groups in total. The largest absolute Gasteiger partial charge is 0.489 e. The highest BCUT2D eigenvalue weighted by Gasteiger charge is 2.21. The lowest BCUT2D eigenvalue weighted by molar-refractivity contribution is -0.0384. The molecule has 1 atom stereocenters. The number of nitrogens with two attached hydrogens (primary N) is 1. The van der Waals surface area contributed by atoms with Crippen LogP contribution < -0.4 is 10.5 Å². The molecule has 0 radical (unpaired) electrons. The quantitative estimate of drug-likeness (QED) is 0.923. The predicted molar refractivity (Wildman–Crippen MR) is 95.2 cm³/mol. The molecule has 2 aromatic heterocycles. The fraction of sp³-hybridized carbons (Fsp3) is 0.579. The Balaban J connectivity index is 1.45. The minimum Gasteiger partial charge on any atom is -0.489 e. The van der Waals surface area contributed by atoms with Gasteiger partial charge in [0.25, 0.3) is 0 Å². The molecule has 0 spiro atoms. The van der Waals surface area contributed by atoms with E-state index in [0.717, 1.165) is 62.3 Å². The smallest absolute Gasteiger partial charge is 0.150 e. The molecule has 0 aromatic carbocycles. The first kappa shape index (κ1) is 16.5. The van der Waals surface area contributed by atoms with E-state index in [2.05, 4.69) is 10.1 Å². The van der Waals surface area contributed by atoms with Gasteiger partial charge in [-0.3, -0.25) is 4.98 Å². The Morgan fingerprint density at radius 1 is 1.08 bits per heavy atom. The molecular weight excluding hydrogens is 316 g/mol. The monoisotopic (exact) mass is 342 g/mol. The van der Waals surface area contributed by atoms with Crippen LogP contribution in [-0.2, 0) is 4.74 Å². The molecule has 1 aliphatic carbocycles. The highest BCUT2D eigenvalue weighted by molar-refractivity contribution is 5.54. The summed E-state index contributed by atoms with van der Waals surface area (Å²) in [6.45, 7) is 0.801. The molecule has 1 saturated heterocycles. The van der Waals surface area contributed by atoms with Crippen molar-refractivity contribution in [3.05, 3.63) is 30.6 Å². The van der Waals surface area contributed by atoms with E-state index in [1.807, 2.05) is 35.3 Å². The summed E-state index contributed by atoms with van der Waals surface area (Å²) < 4.78 is 13.9. The summed E-state index contributed by atoms with van der Waals surface area (Å²) >= 11 is 0. The van der Waals surface area contributed by atoms with Crippen LogP contribution in [0.3, 0.4) is 0 Å². The van der Waals surface area contributed by atoms with Gasteiger partial charge in [-0.2, -0.15) is 5.10 Å². The van der Waals surface area contributed by atoms with E-state index in [1.165, 1.54) is 6.42 Å². The number of ether oxygens (including phenoxy) is 2. The Kier molecular flexibility index (Phi) is 4.99. The molecule has 4 rings (SSSR count). The zero-order chi connectivity index (χ0) is 17.1. The normalized spacial score (nSPS) is 27.2. The van der Waals surface area contributed by atoms with Gasteiger partial charge in [0.2, 0.25) is 0 Å². The molecule has 0 amide bonds. The molecule has 3 heterocycles. The molecule has 0 bridgehead atoms. The van der Waals surface area contributed by atoms with Gasteiger partial charge >= 0.3 is 0 Å². The third-order valence-corrected chi connectivity index (χ3v) is 5.12. The highest BCUT2D eigenvalue weighted by Crippen LogP contribution is 2.28. The second-order valence-electron chi connectivity index (χ2n) is 7.02. The van der Waals surface area contributed by atoms with Crippen LogP contribution in [0.4, 0.5) is 0 Å². The van der Waals surface area contributed by atoms with Crippen molar-refractivity contribution < 1.29 is 9.47 Å². The lowest BCUT2D eigenvalue weighted by Crippen LogP contribution is -2.31. The van der Waals surface area contributed by atoms with Gasteiger partial charge in [-0.05, 0) is 63.1 Å². The fourth-order valence-corrected chi connectivity index (χ4v) is 3.66. The lowest BCUT2D eigenvalue weighted by atomic mass is 9.94. The zero-order valence-corrected chi connectivity index (χ0v) is 14.5. The van der Waals surface area contributed by atoms with Gasteiger partial charge in [0.15, 0.2) is 6.23 Å². The second-order valence-corrected chi connectivity index (χ2v) is 7.02. The van der Waals surface area contributed by atoms with Crippen LogP contribution in [0, 0.1) is 0 Å². The third-order valence-electron chi connectivity index (χ3n) is 5.12. The van der Waals surface area contributed by atoms with Crippen molar-refractivity contribution in [1.82, 2.24) is 14.8 Å². The van der Waals surface area contributed by atoms with Crippen LogP contribution in [0.1, 0.15) is 51.2 Å². The lowest BCUT2D eigenvalue weighted by Gasteiger charge is -2.26. The van der Waals surface area contributed by atoms with Crippen LogP contribution >= 0.6 is 0 Å². The van der Waals surface area contributed by atoms with Crippen molar-refractivity contribution in [3.8, 4) is 17.1 Å². The molecule has 1 saturated carbocycles. The van der Waals surface area contributed by atoms with Gasteiger partial charge in [0, 0.05) is 18.8 Å². The minimum atomic E-state index is 0.0166. The van der Waals surface area contributed by atoms with E-state index >= 15 is 0 Å². The Bertz CT molecular complexity index is 671. The van der Waals surface area contributed by atoms with Gasteiger partial charge in [-0.15, -0.1) is 0 Å². The standard InChI is InChI=1S/C19H26N4O2/c20-14-4-6-15(7-5-14)25-16-8-9-17(21-13-16)18-10-11-22-23(18)19-3-1-2-12-24-19/h8-11,13-15,19H,1-7,12,20H2/t14-,15-,19?. The molecule has 6 heteroatoms.